The lowest BCUT2D eigenvalue weighted by atomic mass is 9.80. The lowest BCUT2D eigenvalue weighted by Gasteiger charge is -2.34. The van der Waals surface area contributed by atoms with Crippen LogP contribution in [0.2, 0.25) is 0 Å². The SMILES string of the molecule is O=C(OCc1ccccc1)[C@H]1CCCN1C(=O)[C@H]1CC[C@H](C(=O)N2CCC[C@@H]2C(=O)OCc2ccccc2)CC1. The highest BCUT2D eigenvalue weighted by molar-refractivity contribution is 5.88. The number of esters is 2. The molecule has 1 saturated carbocycles. The molecule has 0 aromatic heterocycles. The van der Waals surface area contributed by atoms with Crippen LogP contribution < -0.4 is 0 Å². The Morgan fingerprint density at radius 3 is 1.32 bits per heavy atom. The van der Waals surface area contributed by atoms with Crippen LogP contribution in [0.1, 0.15) is 62.5 Å². The van der Waals surface area contributed by atoms with Crippen LogP contribution in [0.3, 0.4) is 0 Å². The Bertz CT molecular complexity index is 1080. The third-order valence-corrected chi connectivity index (χ3v) is 8.49. The molecule has 0 unspecified atom stereocenters. The number of carbonyl (C=O) groups excluding carboxylic acids is 4. The van der Waals surface area contributed by atoms with Gasteiger partial charge in [-0.05, 0) is 62.5 Å². The lowest BCUT2D eigenvalue weighted by Crippen LogP contribution is -2.47. The minimum Gasteiger partial charge on any atom is -0.459 e. The number of nitrogens with zero attached hydrogens (tertiary/aromatic N) is 2. The molecule has 2 atom stereocenters. The minimum atomic E-state index is -0.539. The summed E-state index contributed by atoms with van der Waals surface area (Å²) in [6, 6.07) is 18.0. The van der Waals surface area contributed by atoms with Gasteiger partial charge in [-0.15, -0.1) is 0 Å². The van der Waals surface area contributed by atoms with Gasteiger partial charge in [-0.25, -0.2) is 9.59 Å². The van der Waals surface area contributed by atoms with E-state index < -0.39 is 12.1 Å². The summed E-state index contributed by atoms with van der Waals surface area (Å²) in [5, 5.41) is 0. The molecule has 2 aromatic carbocycles. The molecular formula is C32H38N2O6. The predicted molar refractivity (Wildman–Crippen MR) is 147 cm³/mol. The predicted octanol–water partition coefficient (Wildman–Crippen LogP) is 4.26. The van der Waals surface area contributed by atoms with Gasteiger partial charge < -0.3 is 19.3 Å². The minimum absolute atomic E-state index is 0.00593. The zero-order valence-electron chi connectivity index (χ0n) is 22.9. The van der Waals surface area contributed by atoms with Crippen molar-refractivity contribution in [1.82, 2.24) is 9.80 Å². The Balaban J connectivity index is 1.10. The van der Waals surface area contributed by atoms with Gasteiger partial charge in [0.05, 0.1) is 0 Å². The summed E-state index contributed by atoms with van der Waals surface area (Å²) >= 11 is 0. The third kappa shape index (κ3) is 6.54. The van der Waals surface area contributed by atoms with E-state index in [-0.39, 0.29) is 48.8 Å². The van der Waals surface area contributed by atoms with Crippen LogP contribution in [-0.4, -0.2) is 58.7 Å². The van der Waals surface area contributed by atoms with Crippen LogP contribution in [0.4, 0.5) is 0 Å². The molecule has 0 N–H and O–H groups in total. The van der Waals surface area contributed by atoms with Crippen molar-refractivity contribution in [3.05, 3.63) is 71.8 Å². The lowest BCUT2D eigenvalue weighted by molar-refractivity contribution is -0.157. The third-order valence-electron chi connectivity index (χ3n) is 8.49. The molecule has 40 heavy (non-hydrogen) atoms. The van der Waals surface area contributed by atoms with E-state index in [0.717, 1.165) is 24.0 Å². The molecule has 0 radical (unpaired) electrons. The first kappa shape index (κ1) is 27.9. The molecule has 0 bridgehead atoms. The molecule has 2 aliphatic heterocycles. The summed E-state index contributed by atoms with van der Waals surface area (Å²) in [5.41, 5.74) is 1.83. The second-order valence-corrected chi connectivity index (χ2v) is 11.1. The number of likely N-dealkylation sites (tertiary alicyclic amines) is 2. The van der Waals surface area contributed by atoms with Crippen molar-refractivity contribution in [1.29, 1.82) is 0 Å². The molecule has 3 aliphatic rings. The maximum absolute atomic E-state index is 13.4. The van der Waals surface area contributed by atoms with Gasteiger partial charge in [0.1, 0.15) is 25.3 Å². The topological polar surface area (TPSA) is 93.2 Å². The molecule has 2 heterocycles. The summed E-state index contributed by atoms with van der Waals surface area (Å²) in [5.74, 6) is -1.11. The molecule has 8 nitrogen and oxygen atoms in total. The molecule has 2 aromatic rings. The molecule has 2 amide bonds. The molecule has 2 saturated heterocycles. The zero-order chi connectivity index (χ0) is 27.9. The highest BCUT2D eigenvalue weighted by Crippen LogP contribution is 2.35. The van der Waals surface area contributed by atoms with Crippen LogP contribution >= 0.6 is 0 Å². The van der Waals surface area contributed by atoms with Crippen molar-refractivity contribution < 1.29 is 28.7 Å². The Hall–Kier alpha value is -3.68. The Kier molecular flexibility index (Phi) is 9.14. The number of rotatable bonds is 8. The smallest absolute Gasteiger partial charge is 0.329 e. The molecule has 3 fully saturated rings. The first-order valence-corrected chi connectivity index (χ1v) is 14.5. The molecule has 212 valence electrons. The first-order chi connectivity index (χ1) is 19.5. The second-order valence-electron chi connectivity index (χ2n) is 11.1. The standard InChI is InChI=1S/C32H38N2O6/c35-29(33-19-7-13-27(33)31(37)39-21-23-9-3-1-4-10-23)25-15-17-26(18-16-25)30(36)34-20-8-14-28(34)32(38)40-22-24-11-5-2-6-12-24/h1-6,9-12,25-28H,7-8,13-22H2/t25-,26-,27-,28-/m1/s1. The van der Waals surface area contributed by atoms with Crippen LogP contribution in [0, 0.1) is 11.8 Å². The molecule has 0 spiro atoms. The van der Waals surface area contributed by atoms with Crippen LogP contribution in [0.15, 0.2) is 60.7 Å². The number of carbonyl (C=O) groups is 4. The van der Waals surface area contributed by atoms with Crippen LogP contribution in [0.5, 0.6) is 0 Å². The quantitative estimate of drug-likeness (QED) is 0.460. The van der Waals surface area contributed by atoms with E-state index in [4.69, 9.17) is 9.47 Å². The van der Waals surface area contributed by atoms with Gasteiger partial charge in [0.25, 0.3) is 0 Å². The van der Waals surface area contributed by atoms with Crippen molar-refractivity contribution in [2.45, 2.75) is 76.7 Å². The van der Waals surface area contributed by atoms with Crippen LogP contribution in [-0.2, 0) is 41.9 Å². The summed E-state index contributed by atoms with van der Waals surface area (Å²) < 4.78 is 11.1. The number of hydrogen-bond acceptors (Lipinski definition) is 6. The van der Waals surface area contributed by atoms with E-state index in [9.17, 15) is 19.2 Å². The fraction of sp³-hybridized carbons (Fsp3) is 0.500. The van der Waals surface area contributed by atoms with E-state index in [1.54, 1.807) is 9.80 Å². The normalized spacial score (nSPS) is 24.5. The second kappa shape index (κ2) is 13.1. The summed E-state index contributed by atoms with van der Waals surface area (Å²) in [7, 11) is 0. The summed E-state index contributed by atoms with van der Waals surface area (Å²) in [6.45, 7) is 1.51. The highest BCUT2D eigenvalue weighted by Gasteiger charge is 2.42. The van der Waals surface area contributed by atoms with Crippen LogP contribution in [0.25, 0.3) is 0 Å². The highest BCUT2D eigenvalue weighted by atomic mass is 16.5. The zero-order valence-corrected chi connectivity index (χ0v) is 22.9. The Morgan fingerprint density at radius 1 is 0.575 bits per heavy atom. The number of ether oxygens (including phenoxy) is 2. The molecule has 5 rings (SSSR count). The molecular weight excluding hydrogens is 508 g/mol. The van der Waals surface area contributed by atoms with Gasteiger partial charge in [0.2, 0.25) is 11.8 Å². The number of benzene rings is 2. The van der Waals surface area contributed by atoms with Gasteiger partial charge in [-0.1, -0.05) is 60.7 Å². The fourth-order valence-corrected chi connectivity index (χ4v) is 6.26. The molecule has 1 aliphatic carbocycles. The van der Waals surface area contributed by atoms with E-state index >= 15 is 0 Å². The maximum Gasteiger partial charge on any atom is 0.329 e. The largest absolute Gasteiger partial charge is 0.459 e. The Morgan fingerprint density at radius 2 is 0.950 bits per heavy atom. The van der Waals surface area contributed by atoms with E-state index in [0.29, 0.717) is 51.6 Å². The van der Waals surface area contributed by atoms with Gasteiger partial charge in [0.15, 0.2) is 0 Å². The summed E-state index contributed by atoms with van der Waals surface area (Å²) in [6.07, 6.45) is 5.21. The van der Waals surface area contributed by atoms with Gasteiger partial charge >= 0.3 is 11.9 Å². The van der Waals surface area contributed by atoms with Crippen molar-refractivity contribution in [3.63, 3.8) is 0 Å². The number of hydrogen-bond donors (Lipinski definition) is 0. The van der Waals surface area contributed by atoms with Gasteiger partial charge in [-0.2, -0.15) is 0 Å². The van der Waals surface area contributed by atoms with E-state index in [1.165, 1.54) is 0 Å². The summed E-state index contributed by atoms with van der Waals surface area (Å²) in [4.78, 5) is 55.8. The van der Waals surface area contributed by atoms with Crippen molar-refractivity contribution >= 4 is 23.8 Å². The number of amides is 2. The van der Waals surface area contributed by atoms with Gasteiger partial charge in [-0.3, -0.25) is 9.59 Å². The van der Waals surface area contributed by atoms with Crippen molar-refractivity contribution in [2.75, 3.05) is 13.1 Å². The van der Waals surface area contributed by atoms with Gasteiger partial charge in [0, 0.05) is 24.9 Å². The molecule has 8 heteroatoms. The van der Waals surface area contributed by atoms with Crippen molar-refractivity contribution in [3.8, 4) is 0 Å². The average Bonchev–Trinajstić information content (AvgIpc) is 3.70. The van der Waals surface area contributed by atoms with E-state index in [1.807, 2.05) is 60.7 Å². The average molecular weight is 547 g/mol. The maximum atomic E-state index is 13.4. The van der Waals surface area contributed by atoms with E-state index in [2.05, 4.69) is 0 Å². The fourth-order valence-electron chi connectivity index (χ4n) is 6.26. The monoisotopic (exact) mass is 546 g/mol. The first-order valence-electron chi connectivity index (χ1n) is 14.5. The van der Waals surface area contributed by atoms with Crippen molar-refractivity contribution in [2.24, 2.45) is 11.8 Å². The Labute approximate surface area is 235 Å².